The molecule has 35 heavy (non-hydrogen) atoms. The van der Waals surface area contributed by atoms with Gasteiger partial charge in [-0.1, -0.05) is 0 Å². The zero-order valence-electron chi connectivity index (χ0n) is 20.8. The average molecular weight is 492 g/mol. The minimum Gasteiger partial charge on any atom is -0.382 e. The number of anilines is 1. The van der Waals surface area contributed by atoms with Crippen molar-refractivity contribution in [2.45, 2.75) is 71.0 Å². The molecule has 0 fully saturated rings. The van der Waals surface area contributed by atoms with E-state index in [1.54, 1.807) is 31.5 Å². The Morgan fingerprint density at radius 1 is 1.31 bits per heavy atom. The second-order valence-electron chi connectivity index (χ2n) is 9.37. The number of nitrogens with one attached hydrogen (secondary N) is 3. The van der Waals surface area contributed by atoms with E-state index in [1.807, 2.05) is 6.92 Å². The Bertz CT molecular complexity index is 1040. The van der Waals surface area contributed by atoms with Gasteiger partial charge in [0.15, 0.2) is 5.82 Å². The highest BCUT2D eigenvalue weighted by molar-refractivity contribution is 5.93. The fourth-order valence-electron chi connectivity index (χ4n) is 4.14. The first kappa shape index (κ1) is 26.7. The third kappa shape index (κ3) is 6.85. The maximum Gasteiger partial charge on any atom is 0.245 e. The minimum absolute atomic E-state index is 0.105. The van der Waals surface area contributed by atoms with E-state index in [0.29, 0.717) is 56.0 Å². The summed E-state index contributed by atoms with van der Waals surface area (Å²) in [5.41, 5.74) is 0.286. The smallest absolute Gasteiger partial charge is 0.245 e. The lowest BCUT2D eigenvalue weighted by Gasteiger charge is -2.28. The van der Waals surface area contributed by atoms with Gasteiger partial charge in [-0.25, -0.2) is 13.8 Å². The number of imidazole rings is 1. The third-order valence-electron chi connectivity index (χ3n) is 6.33. The van der Waals surface area contributed by atoms with Crippen LogP contribution in [0.1, 0.15) is 51.7 Å². The van der Waals surface area contributed by atoms with Gasteiger partial charge in [0, 0.05) is 38.1 Å². The Labute approximate surface area is 204 Å². The monoisotopic (exact) mass is 491 g/mol. The van der Waals surface area contributed by atoms with Crippen LogP contribution in [0, 0.1) is 11.6 Å². The van der Waals surface area contributed by atoms with Crippen LogP contribution in [-0.2, 0) is 32.7 Å². The molecule has 1 heterocycles. The highest BCUT2D eigenvalue weighted by Crippen LogP contribution is 2.25. The molecular weight excluding hydrogens is 456 g/mol. The Morgan fingerprint density at radius 3 is 2.83 bits per heavy atom. The van der Waals surface area contributed by atoms with E-state index in [1.165, 1.54) is 12.4 Å². The number of carbonyl (C=O) groups excluding carboxylic acids is 2. The molecule has 0 saturated heterocycles. The van der Waals surface area contributed by atoms with E-state index in [4.69, 9.17) is 4.74 Å². The molecule has 1 aromatic heterocycles. The summed E-state index contributed by atoms with van der Waals surface area (Å²) in [6, 6.07) is 1.61. The molecule has 0 spiro atoms. The summed E-state index contributed by atoms with van der Waals surface area (Å²) in [7, 11) is 0. The molecule has 1 aromatic carbocycles. The van der Waals surface area contributed by atoms with Gasteiger partial charge in [0.05, 0.1) is 12.4 Å². The van der Waals surface area contributed by atoms with E-state index < -0.39 is 23.2 Å². The largest absolute Gasteiger partial charge is 0.382 e. The Kier molecular flexibility index (Phi) is 8.96. The van der Waals surface area contributed by atoms with Crippen molar-refractivity contribution in [3.05, 3.63) is 47.4 Å². The summed E-state index contributed by atoms with van der Waals surface area (Å²) < 4.78 is 34.5. The van der Waals surface area contributed by atoms with Gasteiger partial charge in [-0.2, -0.15) is 0 Å². The molecule has 10 heteroatoms. The normalized spacial score (nSPS) is 16.5. The van der Waals surface area contributed by atoms with Gasteiger partial charge in [0.25, 0.3) is 0 Å². The fraction of sp³-hybridized carbons (Fsp3) is 0.560. The molecule has 1 aliphatic carbocycles. The van der Waals surface area contributed by atoms with Crippen LogP contribution in [0.5, 0.6) is 0 Å². The SMILES string of the molecule is CCOCCCNC(=O)C(C)(C)n1cnc(NC(=O)C(C)NC2CCc3cc(F)cc(F)c3C2)c1. The van der Waals surface area contributed by atoms with E-state index in [9.17, 15) is 18.4 Å². The quantitative estimate of drug-likeness (QED) is 0.420. The van der Waals surface area contributed by atoms with Crippen molar-refractivity contribution in [2.24, 2.45) is 0 Å². The van der Waals surface area contributed by atoms with Crippen molar-refractivity contribution >= 4 is 17.6 Å². The average Bonchev–Trinajstić information content (AvgIpc) is 3.28. The molecule has 3 rings (SSSR count). The van der Waals surface area contributed by atoms with Crippen LogP contribution in [0.2, 0.25) is 0 Å². The van der Waals surface area contributed by atoms with Crippen LogP contribution in [0.3, 0.4) is 0 Å². The van der Waals surface area contributed by atoms with Crippen molar-refractivity contribution in [1.29, 1.82) is 0 Å². The summed E-state index contributed by atoms with van der Waals surface area (Å²) >= 11 is 0. The molecule has 0 radical (unpaired) electrons. The summed E-state index contributed by atoms with van der Waals surface area (Å²) in [5, 5.41) is 8.89. The maximum absolute atomic E-state index is 14.2. The van der Waals surface area contributed by atoms with Gasteiger partial charge < -0.3 is 25.3 Å². The summed E-state index contributed by atoms with van der Waals surface area (Å²) in [5.74, 6) is -1.24. The van der Waals surface area contributed by atoms with E-state index in [-0.39, 0.29) is 17.9 Å². The molecule has 8 nitrogen and oxygen atoms in total. The van der Waals surface area contributed by atoms with Gasteiger partial charge in [-0.05, 0) is 70.6 Å². The fourth-order valence-corrected chi connectivity index (χ4v) is 4.14. The number of benzene rings is 1. The number of amides is 2. The zero-order chi connectivity index (χ0) is 25.6. The van der Waals surface area contributed by atoms with E-state index in [0.717, 1.165) is 12.5 Å². The number of aryl methyl sites for hydroxylation is 1. The lowest BCUT2D eigenvalue weighted by Crippen LogP contribution is -2.46. The zero-order valence-corrected chi connectivity index (χ0v) is 20.8. The van der Waals surface area contributed by atoms with Crippen LogP contribution in [0.25, 0.3) is 0 Å². The maximum atomic E-state index is 14.2. The molecule has 2 amide bonds. The molecular formula is C25H35F2N5O3. The number of fused-ring (bicyclic) bond motifs is 1. The molecule has 3 N–H and O–H groups in total. The minimum atomic E-state index is -0.898. The van der Waals surface area contributed by atoms with Crippen LogP contribution in [-0.4, -0.2) is 53.2 Å². The number of aromatic nitrogens is 2. The van der Waals surface area contributed by atoms with E-state index in [2.05, 4.69) is 20.9 Å². The number of nitrogens with zero attached hydrogens (tertiary/aromatic N) is 2. The van der Waals surface area contributed by atoms with Crippen LogP contribution < -0.4 is 16.0 Å². The number of carbonyl (C=O) groups is 2. The van der Waals surface area contributed by atoms with Crippen molar-refractivity contribution < 1.29 is 23.1 Å². The van der Waals surface area contributed by atoms with Crippen LogP contribution >= 0.6 is 0 Å². The topological polar surface area (TPSA) is 97.3 Å². The Hall–Kier alpha value is -2.85. The molecule has 2 aromatic rings. The van der Waals surface area contributed by atoms with Gasteiger partial charge in [0.2, 0.25) is 11.8 Å². The summed E-state index contributed by atoms with van der Waals surface area (Å²) in [6.07, 6.45) is 5.46. The molecule has 1 aliphatic rings. The molecule has 2 unspecified atom stereocenters. The second kappa shape index (κ2) is 11.7. The van der Waals surface area contributed by atoms with Crippen molar-refractivity contribution in [3.8, 4) is 0 Å². The van der Waals surface area contributed by atoms with Gasteiger partial charge in [0.1, 0.15) is 17.2 Å². The predicted molar refractivity (Wildman–Crippen MR) is 129 cm³/mol. The molecule has 192 valence electrons. The van der Waals surface area contributed by atoms with Gasteiger partial charge in [-0.3, -0.25) is 9.59 Å². The van der Waals surface area contributed by atoms with Gasteiger partial charge >= 0.3 is 0 Å². The second-order valence-corrected chi connectivity index (χ2v) is 9.37. The number of halogens is 2. The van der Waals surface area contributed by atoms with Crippen molar-refractivity contribution in [1.82, 2.24) is 20.2 Å². The van der Waals surface area contributed by atoms with Crippen molar-refractivity contribution in [3.63, 3.8) is 0 Å². The standard InChI is InChI=1S/C25H35F2N5O3/c1-5-35-10-6-9-28-24(34)25(3,4)32-14-22(29-15-32)31-23(33)16(2)30-19-8-7-17-11-18(26)12-21(27)20(17)13-19/h11-12,14-16,19,30H,5-10,13H2,1-4H3,(H,28,34)(H,31,33). The van der Waals surface area contributed by atoms with Crippen LogP contribution in [0.4, 0.5) is 14.6 Å². The number of hydrogen-bond acceptors (Lipinski definition) is 5. The molecule has 2 atom stereocenters. The lowest BCUT2D eigenvalue weighted by atomic mass is 9.87. The first-order valence-corrected chi connectivity index (χ1v) is 12.1. The number of rotatable bonds is 11. The summed E-state index contributed by atoms with van der Waals surface area (Å²) in [4.78, 5) is 29.6. The first-order valence-electron chi connectivity index (χ1n) is 12.1. The summed E-state index contributed by atoms with van der Waals surface area (Å²) in [6.45, 7) is 8.93. The van der Waals surface area contributed by atoms with E-state index >= 15 is 0 Å². The van der Waals surface area contributed by atoms with Gasteiger partial charge in [-0.15, -0.1) is 0 Å². The Balaban J connectivity index is 1.52. The Morgan fingerprint density at radius 2 is 2.09 bits per heavy atom. The van der Waals surface area contributed by atoms with Crippen molar-refractivity contribution in [2.75, 3.05) is 25.1 Å². The molecule has 0 aliphatic heterocycles. The lowest BCUT2D eigenvalue weighted by molar-refractivity contribution is -0.128. The van der Waals surface area contributed by atoms with Crippen LogP contribution in [0.15, 0.2) is 24.7 Å². The highest BCUT2D eigenvalue weighted by Gasteiger charge is 2.30. The third-order valence-corrected chi connectivity index (χ3v) is 6.33. The number of hydrogen-bond donors (Lipinski definition) is 3. The highest BCUT2D eigenvalue weighted by atomic mass is 19.1. The molecule has 0 bridgehead atoms. The predicted octanol–water partition coefficient (Wildman–Crippen LogP) is 2.91. The molecule has 0 saturated carbocycles. The first-order chi connectivity index (χ1) is 16.6. The number of ether oxygens (including phenoxy) is 1.